The Morgan fingerprint density at radius 2 is 2.41 bits per heavy atom. The fraction of sp³-hybridized carbons (Fsp3) is 0.462. The van der Waals surface area contributed by atoms with Crippen LogP contribution >= 0.6 is 0 Å². The predicted octanol–water partition coefficient (Wildman–Crippen LogP) is 2.08. The molecule has 1 aromatic rings. The van der Waals surface area contributed by atoms with E-state index in [9.17, 15) is 4.79 Å². The van der Waals surface area contributed by atoms with E-state index in [0.29, 0.717) is 18.8 Å². The molecular formula is C13H16O4. The lowest BCUT2D eigenvalue weighted by Crippen LogP contribution is -2.13. The van der Waals surface area contributed by atoms with Crippen LogP contribution in [0.25, 0.3) is 0 Å². The van der Waals surface area contributed by atoms with Gasteiger partial charge in [-0.3, -0.25) is 0 Å². The number of hydrogen-bond acceptors (Lipinski definition) is 3. The maximum absolute atomic E-state index is 10.8. The van der Waals surface area contributed by atoms with Gasteiger partial charge >= 0.3 is 5.97 Å². The van der Waals surface area contributed by atoms with Crippen LogP contribution in [-0.2, 0) is 16.1 Å². The highest BCUT2D eigenvalue weighted by molar-refractivity contribution is 5.87. The molecule has 1 heterocycles. The summed E-state index contributed by atoms with van der Waals surface area (Å²) < 4.78 is 11.0. The minimum atomic E-state index is -0.911. The van der Waals surface area contributed by atoms with E-state index in [1.165, 1.54) is 0 Å². The van der Waals surface area contributed by atoms with Crippen molar-refractivity contribution >= 4 is 5.97 Å². The van der Waals surface area contributed by atoms with Crippen LogP contribution in [0.4, 0.5) is 0 Å². The third kappa shape index (κ3) is 3.54. The second kappa shape index (κ2) is 5.80. The predicted molar refractivity (Wildman–Crippen MR) is 62.0 cm³/mol. The van der Waals surface area contributed by atoms with Gasteiger partial charge in [0, 0.05) is 6.61 Å². The van der Waals surface area contributed by atoms with E-state index >= 15 is 0 Å². The molecule has 0 amide bonds. The van der Waals surface area contributed by atoms with Gasteiger partial charge in [-0.1, -0.05) is 12.1 Å². The molecule has 2 rings (SSSR count). The summed E-state index contributed by atoms with van der Waals surface area (Å²) in [5.41, 5.74) is 1.17. The number of carboxylic acid groups (broad SMARTS) is 1. The van der Waals surface area contributed by atoms with Crippen LogP contribution in [-0.4, -0.2) is 30.4 Å². The smallest absolute Gasteiger partial charge is 0.335 e. The van der Waals surface area contributed by atoms with Crippen molar-refractivity contribution in [2.45, 2.75) is 25.6 Å². The molecule has 4 heteroatoms. The largest absolute Gasteiger partial charge is 0.478 e. The van der Waals surface area contributed by atoms with Gasteiger partial charge in [0.15, 0.2) is 0 Å². The van der Waals surface area contributed by atoms with Gasteiger partial charge in [-0.05, 0) is 30.5 Å². The minimum Gasteiger partial charge on any atom is -0.478 e. The zero-order chi connectivity index (χ0) is 12.1. The molecule has 17 heavy (non-hydrogen) atoms. The van der Waals surface area contributed by atoms with Gasteiger partial charge in [-0.25, -0.2) is 4.79 Å². The third-order valence-corrected chi connectivity index (χ3v) is 2.77. The molecule has 0 saturated carbocycles. The van der Waals surface area contributed by atoms with Crippen molar-refractivity contribution in [3.05, 3.63) is 35.4 Å². The SMILES string of the molecule is O=C(O)c1cccc(COC[C@H]2CCCO2)c1. The van der Waals surface area contributed by atoms with Gasteiger partial charge in [0.1, 0.15) is 0 Å². The molecule has 0 radical (unpaired) electrons. The van der Waals surface area contributed by atoms with E-state index < -0.39 is 5.97 Å². The summed E-state index contributed by atoms with van der Waals surface area (Å²) in [5, 5.41) is 8.85. The average molecular weight is 236 g/mol. The summed E-state index contributed by atoms with van der Waals surface area (Å²) in [5.74, 6) is -0.911. The zero-order valence-corrected chi connectivity index (χ0v) is 9.59. The van der Waals surface area contributed by atoms with E-state index in [4.69, 9.17) is 14.6 Å². The van der Waals surface area contributed by atoms with Gasteiger partial charge in [0.2, 0.25) is 0 Å². The monoisotopic (exact) mass is 236 g/mol. The van der Waals surface area contributed by atoms with Crippen LogP contribution in [0.1, 0.15) is 28.8 Å². The van der Waals surface area contributed by atoms with E-state index in [1.807, 2.05) is 6.07 Å². The fourth-order valence-corrected chi connectivity index (χ4v) is 1.88. The minimum absolute atomic E-state index is 0.206. The highest BCUT2D eigenvalue weighted by Gasteiger charge is 2.15. The molecule has 0 bridgehead atoms. The van der Waals surface area contributed by atoms with Crippen molar-refractivity contribution in [2.24, 2.45) is 0 Å². The quantitative estimate of drug-likeness (QED) is 0.850. The molecule has 1 atom stereocenters. The summed E-state index contributed by atoms with van der Waals surface area (Å²) in [6.45, 7) is 1.83. The van der Waals surface area contributed by atoms with E-state index in [2.05, 4.69) is 0 Å². The average Bonchev–Trinajstić information content (AvgIpc) is 2.82. The summed E-state index contributed by atoms with van der Waals surface area (Å²) in [7, 11) is 0. The molecule has 4 nitrogen and oxygen atoms in total. The third-order valence-electron chi connectivity index (χ3n) is 2.77. The molecule has 0 spiro atoms. The van der Waals surface area contributed by atoms with Crippen LogP contribution in [0.15, 0.2) is 24.3 Å². The first-order chi connectivity index (χ1) is 8.25. The second-order valence-electron chi connectivity index (χ2n) is 4.16. The molecule has 1 saturated heterocycles. The van der Waals surface area contributed by atoms with Crippen molar-refractivity contribution in [1.82, 2.24) is 0 Å². The Kier molecular flexibility index (Phi) is 4.12. The van der Waals surface area contributed by atoms with Gasteiger partial charge in [0.05, 0.1) is 24.9 Å². The zero-order valence-electron chi connectivity index (χ0n) is 9.59. The lowest BCUT2D eigenvalue weighted by atomic mass is 10.1. The van der Waals surface area contributed by atoms with Crippen molar-refractivity contribution in [3.8, 4) is 0 Å². The van der Waals surface area contributed by atoms with Crippen molar-refractivity contribution in [1.29, 1.82) is 0 Å². The Balaban J connectivity index is 1.81. The van der Waals surface area contributed by atoms with Crippen LogP contribution in [0.3, 0.4) is 0 Å². The van der Waals surface area contributed by atoms with E-state index in [1.54, 1.807) is 18.2 Å². The highest BCUT2D eigenvalue weighted by atomic mass is 16.5. The topological polar surface area (TPSA) is 55.8 Å². The first-order valence-electron chi connectivity index (χ1n) is 5.77. The Bertz CT molecular complexity index is 383. The fourth-order valence-electron chi connectivity index (χ4n) is 1.88. The van der Waals surface area contributed by atoms with Crippen molar-refractivity contribution in [3.63, 3.8) is 0 Å². The molecule has 1 aliphatic heterocycles. The lowest BCUT2D eigenvalue weighted by molar-refractivity contribution is 0.0105. The Morgan fingerprint density at radius 1 is 1.53 bits per heavy atom. The molecule has 0 aromatic heterocycles. The standard InChI is InChI=1S/C13H16O4/c14-13(15)11-4-1-3-10(7-11)8-16-9-12-5-2-6-17-12/h1,3-4,7,12H,2,5-6,8-9H2,(H,14,15)/t12-/m1/s1. The second-order valence-corrected chi connectivity index (χ2v) is 4.16. The first-order valence-corrected chi connectivity index (χ1v) is 5.77. The van der Waals surface area contributed by atoms with E-state index in [-0.39, 0.29) is 6.10 Å². The number of aromatic carboxylic acids is 1. The Hall–Kier alpha value is -1.39. The number of carbonyl (C=O) groups is 1. The molecule has 1 fully saturated rings. The summed E-state index contributed by atoms with van der Waals surface area (Å²) in [4.78, 5) is 10.8. The van der Waals surface area contributed by atoms with Crippen LogP contribution < -0.4 is 0 Å². The van der Waals surface area contributed by atoms with Gasteiger partial charge in [-0.2, -0.15) is 0 Å². The van der Waals surface area contributed by atoms with Crippen LogP contribution in [0, 0.1) is 0 Å². The normalized spacial score (nSPS) is 19.4. The molecule has 0 aliphatic carbocycles. The lowest BCUT2D eigenvalue weighted by Gasteiger charge is -2.10. The maximum atomic E-state index is 10.8. The number of benzene rings is 1. The summed E-state index contributed by atoms with van der Waals surface area (Å²) in [6.07, 6.45) is 2.36. The Labute approximate surface area is 100 Å². The van der Waals surface area contributed by atoms with Crippen molar-refractivity contribution < 1.29 is 19.4 Å². The maximum Gasteiger partial charge on any atom is 0.335 e. The molecule has 1 N–H and O–H groups in total. The van der Waals surface area contributed by atoms with Crippen molar-refractivity contribution in [2.75, 3.05) is 13.2 Å². The van der Waals surface area contributed by atoms with Gasteiger partial charge in [-0.15, -0.1) is 0 Å². The number of carboxylic acids is 1. The van der Waals surface area contributed by atoms with Crippen LogP contribution in [0.2, 0.25) is 0 Å². The Morgan fingerprint density at radius 3 is 3.12 bits per heavy atom. The molecule has 1 aromatic carbocycles. The van der Waals surface area contributed by atoms with Gasteiger partial charge < -0.3 is 14.6 Å². The van der Waals surface area contributed by atoms with E-state index in [0.717, 1.165) is 25.0 Å². The highest BCUT2D eigenvalue weighted by Crippen LogP contribution is 2.13. The number of ether oxygens (including phenoxy) is 2. The number of rotatable bonds is 5. The first kappa shape index (κ1) is 12.1. The number of hydrogen-bond donors (Lipinski definition) is 1. The van der Waals surface area contributed by atoms with Gasteiger partial charge in [0.25, 0.3) is 0 Å². The molecular weight excluding hydrogens is 220 g/mol. The van der Waals surface area contributed by atoms with Crippen LogP contribution in [0.5, 0.6) is 0 Å². The molecule has 92 valence electrons. The summed E-state index contributed by atoms with van der Waals surface area (Å²) in [6, 6.07) is 6.81. The summed E-state index contributed by atoms with van der Waals surface area (Å²) >= 11 is 0. The molecule has 0 unspecified atom stereocenters. The molecule has 1 aliphatic rings.